The molecule has 0 spiro atoms. The van der Waals surface area contributed by atoms with Gasteiger partial charge in [-0.3, -0.25) is 27.9 Å². The summed E-state index contributed by atoms with van der Waals surface area (Å²) in [6.07, 6.45) is 0. The van der Waals surface area contributed by atoms with Crippen LogP contribution in [0.5, 0.6) is 0 Å². The van der Waals surface area contributed by atoms with Crippen LogP contribution < -0.4 is 37.0 Å². The van der Waals surface area contributed by atoms with Crippen LogP contribution in [0.15, 0.2) is 155 Å². The average Bonchev–Trinajstić information content (AvgIpc) is 3.78. The summed E-state index contributed by atoms with van der Waals surface area (Å²) < 4.78 is 32.3. The number of fused-ring (bicyclic) bond motifs is 5. The molecule has 7 nitrogen and oxygen atoms in total. The number of hydrogen-bond donors (Lipinski definition) is 0. The van der Waals surface area contributed by atoms with Gasteiger partial charge in [-0.05, 0) is 108 Å². The van der Waals surface area contributed by atoms with E-state index in [2.05, 4.69) is 172 Å². The molecule has 0 atom stereocenters. The predicted octanol–water partition coefficient (Wildman–Crippen LogP) is 7.66. The van der Waals surface area contributed by atoms with Gasteiger partial charge < -0.3 is 4.90 Å². The molecule has 3 aliphatic heterocycles. The molecule has 3 aliphatic rings. The Bertz CT molecular complexity index is 3170. The van der Waals surface area contributed by atoms with E-state index in [0.717, 1.165) is 71.5 Å². The predicted molar refractivity (Wildman–Crippen MR) is 226 cm³/mol. The molecular formula is C44H39N7Si3. The maximum atomic E-state index is 5.50. The first-order valence-corrected chi connectivity index (χ1v) is 27.2. The second-order valence-corrected chi connectivity index (χ2v) is 26.2. The van der Waals surface area contributed by atoms with Crippen molar-refractivity contribution in [3.05, 3.63) is 160 Å². The van der Waals surface area contributed by atoms with Gasteiger partial charge in [-0.15, -0.1) is 0 Å². The van der Waals surface area contributed by atoms with Gasteiger partial charge in [-0.25, -0.2) is 0 Å². The topological polar surface area (TPSA) is 77.4 Å². The number of nitrogens with zero attached hydrogens (tertiary/aromatic N) is 7. The van der Waals surface area contributed by atoms with Crippen molar-refractivity contribution in [1.82, 2.24) is 0 Å². The molecule has 10 rings (SSSR count). The van der Waals surface area contributed by atoms with Gasteiger partial charge in [0, 0.05) is 11.1 Å². The van der Waals surface area contributed by atoms with E-state index < -0.39 is 25.2 Å². The van der Waals surface area contributed by atoms with Gasteiger partial charge in [-0.1, -0.05) is 91.0 Å². The highest BCUT2D eigenvalue weighted by Gasteiger charge is 2.33. The SMILES string of the molecule is C[Si]1(C)N=c2cccc(N(c3ccc(-c4ccc5ccccc5c4)c4c3=N[Si](C)(C)N=4)c3ccc(-c4cccc5ccccc45)c4c3=N[Si](C)(C)N=4)c2=N1. The molecular weight excluding hydrogens is 711 g/mol. The second kappa shape index (κ2) is 11.7. The molecule has 10 heteroatoms. The van der Waals surface area contributed by atoms with Crippen LogP contribution in [0, 0.1) is 0 Å². The van der Waals surface area contributed by atoms with Crippen molar-refractivity contribution < 1.29 is 0 Å². The van der Waals surface area contributed by atoms with E-state index in [1.165, 1.54) is 21.5 Å². The Labute approximate surface area is 316 Å². The standard InChI is InChI=1S/C44H39N7Si3/c1-52(2)45-36-19-12-20-37(42(36)48-52)51(38-25-23-33(40-43(38)49-53(3,4)46-40)31-22-21-28-13-7-8-15-30(28)27-31)39-26-24-35(41-44(39)50-54(5,6)47-41)34-18-11-16-29-14-9-10-17-32(29)34/h7-27H,1-6H3. The van der Waals surface area contributed by atoms with Crippen LogP contribution in [-0.4, -0.2) is 25.2 Å². The van der Waals surface area contributed by atoms with Crippen LogP contribution in [0.3, 0.4) is 0 Å². The minimum Gasteiger partial charge on any atom is -0.304 e. The summed E-state index contributed by atoms with van der Waals surface area (Å²) in [5, 5.41) is 10.4. The van der Waals surface area contributed by atoms with Gasteiger partial charge in [0.25, 0.3) is 25.2 Å². The Kier molecular flexibility index (Phi) is 7.10. The fourth-order valence-electron chi connectivity index (χ4n) is 8.24. The smallest absolute Gasteiger partial charge is 0.298 e. The van der Waals surface area contributed by atoms with Gasteiger partial charge in [0.1, 0.15) is 0 Å². The van der Waals surface area contributed by atoms with Crippen molar-refractivity contribution in [3.63, 3.8) is 0 Å². The first-order chi connectivity index (χ1) is 25.9. The first-order valence-electron chi connectivity index (χ1n) is 18.6. The summed E-state index contributed by atoms with van der Waals surface area (Å²) in [7, 11) is -6.93. The molecule has 0 aromatic heterocycles. The minimum absolute atomic E-state index is 0.916. The number of anilines is 3. The molecule has 0 saturated carbocycles. The molecule has 0 saturated heterocycles. The molecule has 3 heterocycles. The van der Waals surface area contributed by atoms with Gasteiger partial charge in [0.05, 0.1) is 49.2 Å². The van der Waals surface area contributed by atoms with Crippen molar-refractivity contribution in [1.29, 1.82) is 0 Å². The van der Waals surface area contributed by atoms with Crippen LogP contribution >= 0.6 is 0 Å². The van der Waals surface area contributed by atoms with Crippen molar-refractivity contribution in [2.24, 2.45) is 27.9 Å². The van der Waals surface area contributed by atoms with E-state index in [1.54, 1.807) is 0 Å². The molecule has 54 heavy (non-hydrogen) atoms. The maximum absolute atomic E-state index is 5.50. The highest BCUT2D eigenvalue weighted by atomic mass is 28.4. The van der Waals surface area contributed by atoms with Crippen LogP contribution in [0.2, 0.25) is 39.3 Å². The Morgan fingerprint density at radius 3 is 1.65 bits per heavy atom. The number of rotatable bonds is 5. The van der Waals surface area contributed by atoms with Crippen LogP contribution in [0.1, 0.15) is 0 Å². The lowest BCUT2D eigenvalue weighted by Gasteiger charge is -2.26. The highest BCUT2D eigenvalue weighted by Crippen LogP contribution is 2.34. The number of hydrogen-bond acceptors (Lipinski definition) is 7. The summed E-state index contributed by atoms with van der Waals surface area (Å²) in [6, 6.07) is 45.6. The van der Waals surface area contributed by atoms with Crippen molar-refractivity contribution >= 4 is 63.8 Å². The summed E-state index contributed by atoms with van der Waals surface area (Å²) in [5.74, 6) is 0. The fourth-order valence-corrected chi connectivity index (χ4v) is 13.0. The average molecular weight is 750 g/mol. The molecule has 0 bridgehead atoms. The summed E-state index contributed by atoms with van der Waals surface area (Å²) in [6.45, 7) is 13.3. The zero-order chi connectivity index (χ0) is 37.0. The first kappa shape index (κ1) is 32.9. The van der Waals surface area contributed by atoms with E-state index in [0.29, 0.717) is 0 Å². The number of benzene rings is 7. The van der Waals surface area contributed by atoms with E-state index in [4.69, 9.17) is 27.9 Å². The monoisotopic (exact) mass is 749 g/mol. The molecule has 7 aromatic rings. The lowest BCUT2D eigenvalue weighted by molar-refractivity contribution is 1.17. The van der Waals surface area contributed by atoms with Gasteiger partial charge in [0.15, 0.2) is 0 Å². The Hall–Kier alpha value is -5.69. The molecule has 0 unspecified atom stereocenters. The minimum atomic E-state index is -2.37. The van der Waals surface area contributed by atoms with Gasteiger partial charge in [-0.2, -0.15) is 0 Å². The van der Waals surface area contributed by atoms with Crippen LogP contribution in [0.4, 0.5) is 17.1 Å². The third-order valence-corrected chi connectivity index (χ3v) is 15.1. The zero-order valence-electron chi connectivity index (χ0n) is 31.3. The van der Waals surface area contributed by atoms with Crippen LogP contribution in [0.25, 0.3) is 43.8 Å². The largest absolute Gasteiger partial charge is 0.304 e. The van der Waals surface area contributed by atoms with E-state index in [-0.39, 0.29) is 0 Å². The highest BCUT2D eigenvalue weighted by molar-refractivity contribution is 6.75. The summed E-state index contributed by atoms with van der Waals surface area (Å²) >= 11 is 0. The molecule has 0 fully saturated rings. The Morgan fingerprint density at radius 1 is 0.370 bits per heavy atom. The van der Waals surface area contributed by atoms with E-state index >= 15 is 0 Å². The normalized spacial score (nSPS) is 16.6. The van der Waals surface area contributed by atoms with Crippen molar-refractivity contribution in [3.8, 4) is 22.3 Å². The Balaban J connectivity index is 1.28. The molecule has 0 amide bonds. The molecule has 0 aliphatic carbocycles. The fraction of sp³-hybridized carbons (Fsp3) is 0.136. The van der Waals surface area contributed by atoms with Gasteiger partial charge >= 0.3 is 0 Å². The van der Waals surface area contributed by atoms with Crippen LogP contribution in [-0.2, 0) is 0 Å². The molecule has 0 N–H and O–H groups in total. The summed E-state index contributed by atoms with van der Waals surface area (Å²) in [4.78, 5) is 2.34. The van der Waals surface area contributed by atoms with Gasteiger partial charge in [0.2, 0.25) is 0 Å². The summed E-state index contributed by atoms with van der Waals surface area (Å²) in [5.41, 5.74) is 7.40. The van der Waals surface area contributed by atoms with Crippen molar-refractivity contribution in [2.75, 3.05) is 4.90 Å². The maximum Gasteiger partial charge on any atom is 0.298 e. The zero-order valence-corrected chi connectivity index (χ0v) is 34.3. The van der Waals surface area contributed by atoms with E-state index in [9.17, 15) is 0 Å². The van der Waals surface area contributed by atoms with Crippen molar-refractivity contribution in [2.45, 2.75) is 39.3 Å². The molecule has 262 valence electrons. The third kappa shape index (κ3) is 5.35. The third-order valence-electron chi connectivity index (χ3n) is 10.4. The Morgan fingerprint density at radius 2 is 0.907 bits per heavy atom. The quantitative estimate of drug-likeness (QED) is 0.167. The molecule has 0 radical (unpaired) electrons. The lowest BCUT2D eigenvalue weighted by Crippen LogP contribution is -2.38. The second-order valence-electron chi connectivity index (χ2n) is 15.9. The lowest BCUT2D eigenvalue weighted by atomic mass is 9.97. The molecule has 7 aromatic carbocycles. The van der Waals surface area contributed by atoms with E-state index in [1.807, 2.05) is 0 Å².